The Morgan fingerprint density at radius 2 is 2.33 bits per heavy atom. The van der Waals surface area contributed by atoms with Crippen LogP contribution in [0, 0.1) is 6.92 Å². The van der Waals surface area contributed by atoms with Crippen molar-refractivity contribution in [3.05, 3.63) is 35.8 Å². The molecule has 0 spiro atoms. The molecule has 1 atom stereocenters. The van der Waals surface area contributed by atoms with Crippen molar-refractivity contribution < 1.29 is 4.42 Å². The minimum Gasteiger partial charge on any atom is -0.469 e. The Hall–Kier alpha value is -1.62. The minimum atomic E-state index is 0.210. The molecule has 0 amide bonds. The van der Waals surface area contributed by atoms with Gasteiger partial charge in [0.1, 0.15) is 17.9 Å². The van der Waals surface area contributed by atoms with Crippen LogP contribution in [0.5, 0.6) is 0 Å². The third-order valence-electron chi connectivity index (χ3n) is 3.02. The summed E-state index contributed by atoms with van der Waals surface area (Å²) in [6.07, 6.45) is 5.30. The van der Waals surface area contributed by atoms with E-state index in [0.717, 1.165) is 36.5 Å². The summed E-state index contributed by atoms with van der Waals surface area (Å²) in [5, 5.41) is 7.54. The lowest BCUT2D eigenvalue weighted by molar-refractivity contribution is 0.501. The van der Waals surface area contributed by atoms with Crippen LogP contribution in [0.15, 0.2) is 23.1 Å². The number of aromatic nitrogens is 3. The molecule has 2 aromatic heterocycles. The van der Waals surface area contributed by atoms with E-state index < -0.39 is 0 Å². The predicted molar refractivity (Wildman–Crippen MR) is 69.3 cm³/mol. The van der Waals surface area contributed by atoms with Crippen molar-refractivity contribution in [1.29, 1.82) is 0 Å². The zero-order valence-corrected chi connectivity index (χ0v) is 11.2. The Balaban J connectivity index is 2.12. The van der Waals surface area contributed by atoms with Crippen molar-refractivity contribution in [2.45, 2.75) is 39.3 Å². The number of furan rings is 1. The Bertz CT molecular complexity index is 489. The van der Waals surface area contributed by atoms with Crippen LogP contribution in [0.1, 0.15) is 36.5 Å². The molecule has 1 N–H and O–H groups in total. The van der Waals surface area contributed by atoms with Crippen molar-refractivity contribution in [2.75, 3.05) is 7.05 Å². The van der Waals surface area contributed by atoms with Gasteiger partial charge in [0.15, 0.2) is 0 Å². The Morgan fingerprint density at radius 1 is 1.50 bits per heavy atom. The molecule has 0 aromatic carbocycles. The molecule has 0 fully saturated rings. The van der Waals surface area contributed by atoms with Crippen molar-refractivity contribution in [2.24, 2.45) is 0 Å². The second kappa shape index (κ2) is 5.82. The Kier molecular flexibility index (Phi) is 4.15. The summed E-state index contributed by atoms with van der Waals surface area (Å²) >= 11 is 0. The van der Waals surface area contributed by atoms with Gasteiger partial charge in [0.25, 0.3) is 0 Å². The highest BCUT2D eigenvalue weighted by Crippen LogP contribution is 2.19. The monoisotopic (exact) mass is 248 g/mol. The average molecular weight is 248 g/mol. The molecule has 0 aliphatic carbocycles. The first-order chi connectivity index (χ1) is 8.74. The van der Waals surface area contributed by atoms with Gasteiger partial charge in [-0.1, -0.05) is 6.92 Å². The van der Waals surface area contributed by atoms with Gasteiger partial charge in [-0.3, -0.25) is 4.68 Å². The first kappa shape index (κ1) is 12.8. The van der Waals surface area contributed by atoms with Crippen molar-refractivity contribution in [1.82, 2.24) is 20.1 Å². The molecule has 1 unspecified atom stereocenters. The predicted octanol–water partition coefficient (Wildman–Crippen LogP) is 2.09. The van der Waals surface area contributed by atoms with E-state index in [1.54, 1.807) is 12.6 Å². The summed E-state index contributed by atoms with van der Waals surface area (Å²) in [6.45, 7) is 5.01. The maximum Gasteiger partial charge on any atom is 0.138 e. The first-order valence-corrected chi connectivity index (χ1v) is 6.33. The fourth-order valence-corrected chi connectivity index (χ4v) is 2.06. The number of hydrogen-bond acceptors (Lipinski definition) is 4. The highest BCUT2D eigenvalue weighted by Gasteiger charge is 2.15. The summed E-state index contributed by atoms with van der Waals surface area (Å²) in [4.78, 5) is 4.34. The molecule has 2 heterocycles. The maximum absolute atomic E-state index is 5.36. The topological polar surface area (TPSA) is 55.9 Å². The van der Waals surface area contributed by atoms with E-state index in [4.69, 9.17) is 4.42 Å². The van der Waals surface area contributed by atoms with Gasteiger partial charge in [0.05, 0.1) is 6.26 Å². The number of rotatable bonds is 6. The van der Waals surface area contributed by atoms with Crippen molar-refractivity contribution in [3.8, 4) is 0 Å². The van der Waals surface area contributed by atoms with Crippen LogP contribution < -0.4 is 5.32 Å². The largest absolute Gasteiger partial charge is 0.469 e. The molecule has 0 aliphatic heterocycles. The van der Waals surface area contributed by atoms with E-state index in [-0.39, 0.29) is 6.04 Å². The van der Waals surface area contributed by atoms with Gasteiger partial charge in [0.2, 0.25) is 0 Å². The zero-order valence-electron chi connectivity index (χ0n) is 11.2. The van der Waals surface area contributed by atoms with Crippen molar-refractivity contribution in [3.63, 3.8) is 0 Å². The smallest absolute Gasteiger partial charge is 0.138 e. The van der Waals surface area contributed by atoms with Gasteiger partial charge in [-0.15, -0.1) is 0 Å². The van der Waals surface area contributed by atoms with Crippen LogP contribution in [-0.4, -0.2) is 21.8 Å². The maximum atomic E-state index is 5.36. The number of likely N-dealkylation sites (N-methyl/N-ethyl adjacent to an activating group) is 1. The second-order valence-corrected chi connectivity index (χ2v) is 4.44. The molecule has 0 aliphatic rings. The molecule has 2 rings (SSSR count). The van der Waals surface area contributed by atoms with Gasteiger partial charge < -0.3 is 9.73 Å². The lowest BCUT2D eigenvalue weighted by atomic mass is 10.1. The molecule has 0 saturated heterocycles. The fourth-order valence-electron chi connectivity index (χ4n) is 2.06. The summed E-state index contributed by atoms with van der Waals surface area (Å²) in [5.41, 5.74) is 1.15. The molecule has 5 nitrogen and oxygen atoms in total. The SMILES string of the molecule is CCCn1ncnc1CC(NC)c1coc(C)c1. The Morgan fingerprint density at radius 3 is 2.94 bits per heavy atom. The van der Waals surface area contributed by atoms with E-state index in [2.05, 4.69) is 28.4 Å². The van der Waals surface area contributed by atoms with Gasteiger partial charge >= 0.3 is 0 Å². The van der Waals surface area contributed by atoms with Gasteiger partial charge in [-0.25, -0.2) is 4.98 Å². The standard InChI is InChI=1S/C13H20N4O/c1-4-5-17-13(15-9-16-17)7-12(14-3)11-6-10(2)18-8-11/h6,8-9,12,14H,4-5,7H2,1-3H3. The van der Waals surface area contributed by atoms with Gasteiger partial charge in [0, 0.05) is 24.6 Å². The zero-order chi connectivity index (χ0) is 13.0. The molecule has 0 saturated carbocycles. The molecular weight excluding hydrogens is 228 g/mol. The molecule has 0 bridgehead atoms. The summed E-state index contributed by atoms with van der Waals surface area (Å²) in [6, 6.07) is 2.27. The highest BCUT2D eigenvalue weighted by atomic mass is 16.3. The lowest BCUT2D eigenvalue weighted by Gasteiger charge is -2.14. The molecule has 5 heteroatoms. The van der Waals surface area contributed by atoms with Crippen LogP contribution in [0.2, 0.25) is 0 Å². The van der Waals surface area contributed by atoms with Crippen LogP contribution in [0.3, 0.4) is 0 Å². The lowest BCUT2D eigenvalue weighted by Crippen LogP contribution is -2.20. The summed E-state index contributed by atoms with van der Waals surface area (Å²) in [5.74, 6) is 1.94. The highest BCUT2D eigenvalue weighted by molar-refractivity contribution is 5.17. The van der Waals surface area contributed by atoms with E-state index in [0.29, 0.717) is 0 Å². The molecular formula is C13H20N4O. The van der Waals surface area contributed by atoms with Crippen LogP contribution in [-0.2, 0) is 13.0 Å². The van der Waals surface area contributed by atoms with E-state index in [1.807, 2.05) is 18.7 Å². The number of aryl methyl sites for hydroxylation is 2. The van der Waals surface area contributed by atoms with E-state index >= 15 is 0 Å². The minimum absolute atomic E-state index is 0.210. The van der Waals surface area contributed by atoms with Gasteiger partial charge in [-0.2, -0.15) is 5.10 Å². The molecule has 2 aromatic rings. The first-order valence-electron chi connectivity index (χ1n) is 6.33. The molecule has 0 radical (unpaired) electrons. The van der Waals surface area contributed by atoms with Gasteiger partial charge in [-0.05, 0) is 26.5 Å². The van der Waals surface area contributed by atoms with Crippen molar-refractivity contribution >= 4 is 0 Å². The second-order valence-electron chi connectivity index (χ2n) is 4.44. The number of nitrogens with zero attached hydrogens (tertiary/aromatic N) is 3. The molecule has 98 valence electrons. The van der Waals surface area contributed by atoms with Crippen LogP contribution in [0.4, 0.5) is 0 Å². The summed E-state index contributed by atoms with van der Waals surface area (Å²) in [7, 11) is 1.95. The third-order valence-corrected chi connectivity index (χ3v) is 3.02. The van der Waals surface area contributed by atoms with Crippen LogP contribution in [0.25, 0.3) is 0 Å². The number of hydrogen-bond donors (Lipinski definition) is 1. The normalized spacial score (nSPS) is 12.8. The third kappa shape index (κ3) is 2.79. The number of nitrogens with one attached hydrogen (secondary N) is 1. The summed E-state index contributed by atoms with van der Waals surface area (Å²) < 4.78 is 7.33. The van der Waals surface area contributed by atoms with E-state index in [1.165, 1.54) is 0 Å². The quantitative estimate of drug-likeness (QED) is 0.850. The van der Waals surface area contributed by atoms with E-state index in [9.17, 15) is 0 Å². The fraction of sp³-hybridized carbons (Fsp3) is 0.538. The Labute approximate surface area is 107 Å². The molecule has 18 heavy (non-hydrogen) atoms. The van der Waals surface area contributed by atoms with Crippen LogP contribution >= 0.6 is 0 Å². The average Bonchev–Trinajstić information content (AvgIpc) is 2.96.